The van der Waals surface area contributed by atoms with Crippen molar-refractivity contribution in [3.8, 4) is 0 Å². The van der Waals surface area contributed by atoms with Gasteiger partial charge in [0.15, 0.2) is 11.5 Å². The number of primary amides is 1. The van der Waals surface area contributed by atoms with Gasteiger partial charge in [-0.2, -0.15) is 0 Å². The predicted octanol–water partition coefficient (Wildman–Crippen LogP) is 1.65. The summed E-state index contributed by atoms with van der Waals surface area (Å²) in [6.07, 6.45) is 6.81. The van der Waals surface area contributed by atoms with Crippen molar-refractivity contribution in [3.63, 3.8) is 0 Å². The van der Waals surface area contributed by atoms with Crippen LogP contribution in [0.2, 0.25) is 0 Å². The van der Waals surface area contributed by atoms with E-state index in [4.69, 9.17) is 11.3 Å². The zero-order valence-electron chi connectivity index (χ0n) is 13.2. The van der Waals surface area contributed by atoms with E-state index in [0.717, 1.165) is 11.9 Å². The third-order valence-electron chi connectivity index (χ3n) is 2.96. The number of pyridine rings is 1. The molecule has 0 aliphatic carbocycles. The van der Waals surface area contributed by atoms with Gasteiger partial charge in [0.25, 0.3) is 0 Å². The van der Waals surface area contributed by atoms with Gasteiger partial charge in [-0.25, -0.2) is 15.0 Å². The van der Waals surface area contributed by atoms with E-state index in [0.29, 0.717) is 30.1 Å². The maximum Gasteiger partial charge on any atom is 0.250 e. The summed E-state index contributed by atoms with van der Waals surface area (Å²) in [5, 5.41) is 6.57. The van der Waals surface area contributed by atoms with E-state index < -0.39 is 5.91 Å². The summed E-state index contributed by atoms with van der Waals surface area (Å²) in [5.41, 5.74) is 14.9. The van der Waals surface area contributed by atoms with Gasteiger partial charge in [0.2, 0.25) is 5.91 Å². The first-order chi connectivity index (χ1) is 12.2. The second kappa shape index (κ2) is 9.43. The van der Waals surface area contributed by atoms with Crippen LogP contribution in [0.15, 0.2) is 42.3 Å². The van der Waals surface area contributed by atoms with E-state index in [1.807, 2.05) is 0 Å². The number of carbonyl (C=O) groups is 1. The fraction of sp³-hybridized carbons (Fsp3) is 0.214. The van der Waals surface area contributed by atoms with Crippen molar-refractivity contribution in [3.05, 3.63) is 53.2 Å². The second-order valence-corrected chi connectivity index (χ2v) is 4.66. The average molecular weight is 340 g/mol. The van der Waals surface area contributed by atoms with Gasteiger partial charge >= 0.3 is 0 Å². The first-order valence-electron chi connectivity index (χ1n) is 7.31. The van der Waals surface area contributed by atoms with Crippen LogP contribution in [-0.2, 0) is 0 Å². The molecule has 3 heterocycles. The number of hydrogen-bond donors (Lipinski definition) is 3. The Morgan fingerprint density at radius 3 is 2.96 bits per heavy atom. The monoisotopic (exact) mass is 340 g/mol. The molecule has 0 atom stereocenters. The molecule has 11 heteroatoms. The minimum absolute atomic E-state index is 0.442. The molecule has 4 N–H and O–H groups in total. The topological polar surface area (TPSA) is 171 Å². The summed E-state index contributed by atoms with van der Waals surface area (Å²) in [6.45, 7) is 1.16. The van der Waals surface area contributed by atoms with Crippen molar-refractivity contribution in [1.29, 1.82) is 0 Å². The normalized spacial score (nSPS) is 9.60. The summed E-state index contributed by atoms with van der Waals surface area (Å²) in [7, 11) is 0. The van der Waals surface area contributed by atoms with Gasteiger partial charge in [0, 0.05) is 30.4 Å². The highest BCUT2D eigenvalue weighted by Gasteiger charge is 2.03. The van der Waals surface area contributed by atoms with E-state index in [1.54, 1.807) is 24.7 Å². The van der Waals surface area contributed by atoms with Gasteiger partial charge in [-0.1, -0.05) is 5.11 Å². The Morgan fingerprint density at radius 2 is 2.28 bits per heavy atom. The number of fused-ring (bicyclic) bond motifs is 1. The molecular formula is C14H16N10O. The maximum atomic E-state index is 10.4. The van der Waals surface area contributed by atoms with Gasteiger partial charge < -0.3 is 16.0 Å². The highest BCUT2D eigenvalue weighted by molar-refractivity contribution is 5.92. The number of nitrogens with two attached hydrogens (primary N) is 1. The lowest BCUT2D eigenvalue weighted by Gasteiger charge is -2.03. The molecule has 0 aliphatic heterocycles. The minimum Gasteiger partial charge on any atom is -0.368 e. The first kappa shape index (κ1) is 17.6. The van der Waals surface area contributed by atoms with Crippen LogP contribution in [-0.4, -0.2) is 43.9 Å². The Hall–Kier alpha value is -3.72. The number of hydrogen-bond acceptors (Lipinski definition) is 7. The van der Waals surface area contributed by atoms with E-state index in [2.05, 4.69) is 40.3 Å². The van der Waals surface area contributed by atoms with Crippen molar-refractivity contribution in [2.45, 2.75) is 6.42 Å². The Kier molecular flexibility index (Phi) is 6.65. The Balaban J connectivity index is 0.000000212. The molecule has 0 aromatic carbocycles. The lowest BCUT2D eigenvalue weighted by Crippen LogP contribution is -2.10. The number of nitrogens with one attached hydrogen (secondary N) is 2. The van der Waals surface area contributed by atoms with E-state index in [9.17, 15) is 4.79 Å². The number of nitrogens with zero attached hydrogens (tertiary/aromatic N) is 7. The van der Waals surface area contributed by atoms with Gasteiger partial charge in [0.1, 0.15) is 11.8 Å². The predicted molar refractivity (Wildman–Crippen MR) is 91.6 cm³/mol. The van der Waals surface area contributed by atoms with Crippen LogP contribution in [0, 0.1) is 0 Å². The molecule has 1 amide bonds. The Morgan fingerprint density at radius 1 is 1.40 bits per heavy atom. The molecule has 0 aliphatic rings. The number of H-pyrrole nitrogens is 1. The number of anilines is 1. The van der Waals surface area contributed by atoms with E-state index >= 15 is 0 Å². The van der Waals surface area contributed by atoms with Crippen LogP contribution in [0.1, 0.15) is 16.8 Å². The number of aromatic nitrogens is 5. The summed E-state index contributed by atoms with van der Waals surface area (Å²) in [4.78, 5) is 31.8. The number of amides is 1. The Labute approximate surface area is 142 Å². The third-order valence-corrected chi connectivity index (χ3v) is 2.96. The second-order valence-electron chi connectivity index (χ2n) is 4.66. The molecule has 0 saturated carbocycles. The van der Waals surface area contributed by atoms with E-state index in [-0.39, 0.29) is 0 Å². The standard InChI is InChI=1S/C8H10N8.C6H6N2O/c9-16-15-3-1-2-10-7-6-8(12-4-11-6)14-5-13-7;7-6(9)5-2-1-3-8-4-5/h4-5H,1-3H2,(H2,10,11,12,13,14);1-4H,(H2,7,9). The molecule has 0 unspecified atom stereocenters. The zero-order valence-corrected chi connectivity index (χ0v) is 13.2. The molecule has 0 fully saturated rings. The fourth-order valence-electron chi connectivity index (χ4n) is 1.81. The fourth-order valence-corrected chi connectivity index (χ4v) is 1.81. The third kappa shape index (κ3) is 5.44. The number of rotatable bonds is 6. The summed E-state index contributed by atoms with van der Waals surface area (Å²) >= 11 is 0. The molecule has 11 nitrogen and oxygen atoms in total. The van der Waals surface area contributed by atoms with Gasteiger partial charge in [-0.15, -0.1) is 0 Å². The van der Waals surface area contributed by atoms with Gasteiger partial charge in [-0.3, -0.25) is 9.78 Å². The van der Waals surface area contributed by atoms with Gasteiger partial charge in [-0.05, 0) is 24.1 Å². The zero-order chi connectivity index (χ0) is 17.9. The number of aromatic amines is 1. The van der Waals surface area contributed by atoms with Crippen LogP contribution in [0.4, 0.5) is 5.82 Å². The first-order valence-corrected chi connectivity index (χ1v) is 7.31. The van der Waals surface area contributed by atoms with Crippen molar-refractivity contribution < 1.29 is 4.79 Å². The lowest BCUT2D eigenvalue weighted by atomic mass is 10.3. The lowest BCUT2D eigenvalue weighted by molar-refractivity contribution is 0.1000. The maximum absolute atomic E-state index is 10.4. The van der Waals surface area contributed by atoms with Crippen molar-refractivity contribution in [1.82, 2.24) is 24.9 Å². The molecule has 3 aromatic rings. The Bertz CT molecular complexity index is 856. The largest absolute Gasteiger partial charge is 0.368 e. The molecule has 3 aromatic heterocycles. The van der Waals surface area contributed by atoms with Crippen molar-refractivity contribution in [2.75, 3.05) is 18.4 Å². The molecule has 0 saturated heterocycles. The van der Waals surface area contributed by atoms with E-state index in [1.165, 1.54) is 12.5 Å². The molecular weight excluding hydrogens is 324 g/mol. The summed E-state index contributed by atoms with van der Waals surface area (Å²) in [6, 6.07) is 3.29. The minimum atomic E-state index is -0.442. The van der Waals surface area contributed by atoms with Crippen LogP contribution in [0.25, 0.3) is 21.6 Å². The molecule has 3 rings (SSSR count). The van der Waals surface area contributed by atoms with Crippen LogP contribution in [0.5, 0.6) is 0 Å². The molecule has 0 spiro atoms. The van der Waals surface area contributed by atoms with Crippen molar-refractivity contribution in [2.24, 2.45) is 10.8 Å². The molecule has 128 valence electrons. The smallest absolute Gasteiger partial charge is 0.250 e. The van der Waals surface area contributed by atoms with Crippen LogP contribution >= 0.6 is 0 Å². The highest BCUT2D eigenvalue weighted by Crippen LogP contribution is 2.13. The average Bonchev–Trinajstić information content (AvgIpc) is 3.12. The number of imidazole rings is 1. The van der Waals surface area contributed by atoms with Crippen molar-refractivity contribution >= 4 is 22.9 Å². The number of carbonyl (C=O) groups excluding carboxylic acids is 1. The van der Waals surface area contributed by atoms with Crippen LogP contribution < -0.4 is 11.1 Å². The van der Waals surface area contributed by atoms with Gasteiger partial charge in [0.05, 0.1) is 11.9 Å². The summed E-state index contributed by atoms with van der Waals surface area (Å²) in [5.74, 6) is 0.270. The molecule has 0 bridgehead atoms. The number of azide groups is 1. The highest BCUT2D eigenvalue weighted by atomic mass is 16.1. The summed E-state index contributed by atoms with van der Waals surface area (Å²) < 4.78 is 0. The molecule has 0 radical (unpaired) electrons. The quantitative estimate of drug-likeness (QED) is 0.266. The SMILES string of the molecule is NC(=O)c1cccnc1.[N-]=[N+]=NCCCNc1ncnc2nc[nH]c12. The van der Waals surface area contributed by atoms with Crippen LogP contribution in [0.3, 0.4) is 0 Å². The molecule has 25 heavy (non-hydrogen) atoms.